The molecule has 1 rings (SSSR count). The molecule has 2 amide bonds. The number of carboxylic acid groups (broad SMARTS) is 1. The fraction of sp³-hybridized carbons (Fsp3) is 0.867. The van der Waals surface area contributed by atoms with Gasteiger partial charge in [-0.2, -0.15) is 0 Å². The van der Waals surface area contributed by atoms with E-state index in [1.54, 1.807) is 0 Å². The van der Waals surface area contributed by atoms with Gasteiger partial charge in [-0.3, -0.25) is 4.79 Å². The number of nitrogens with one attached hydrogen (secondary N) is 2. The molecule has 0 heterocycles. The number of urea groups is 1. The lowest BCUT2D eigenvalue weighted by atomic mass is 9.87. The van der Waals surface area contributed by atoms with Crippen molar-refractivity contribution in [1.82, 2.24) is 10.6 Å². The van der Waals surface area contributed by atoms with Gasteiger partial charge in [-0.25, -0.2) is 4.79 Å². The highest BCUT2D eigenvalue weighted by molar-refractivity contribution is 5.75. The van der Waals surface area contributed by atoms with E-state index < -0.39 is 5.97 Å². The van der Waals surface area contributed by atoms with Gasteiger partial charge in [-0.15, -0.1) is 0 Å². The van der Waals surface area contributed by atoms with Gasteiger partial charge in [0, 0.05) is 12.6 Å². The quantitative estimate of drug-likeness (QED) is 0.672. The van der Waals surface area contributed by atoms with Gasteiger partial charge in [0.25, 0.3) is 0 Å². The molecule has 1 saturated carbocycles. The number of aliphatic carboxylic acids is 1. The van der Waals surface area contributed by atoms with Gasteiger partial charge in [-0.05, 0) is 36.5 Å². The van der Waals surface area contributed by atoms with Gasteiger partial charge in [0.15, 0.2) is 0 Å². The molecule has 2 atom stereocenters. The summed E-state index contributed by atoms with van der Waals surface area (Å²) in [5, 5.41) is 14.6. The molecule has 0 saturated heterocycles. The molecule has 0 spiro atoms. The van der Waals surface area contributed by atoms with Crippen LogP contribution in [0, 0.1) is 17.3 Å². The molecule has 1 fully saturated rings. The van der Waals surface area contributed by atoms with Crippen LogP contribution >= 0.6 is 0 Å². The van der Waals surface area contributed by atoms with Crippen LogP contribution in [0.15, 0.2) is 0 Å². The number of carboxylic acids is 1. The normalized spacial score (nSPS) is 18.2. The Kier molecular flexibility index (Phi) is 5.84. The number of carbonyl (C=O) groups is 2. The predicted molar refractivity (Wildman–Crippen MR) is 78.5 cm³/mol. The van der Waals surface area contributed by atoms with Gasteiger partial charge in [0.2, 0.25) is 0 Å². The average Bonchev–Trinajstić information content (AvgIpc) is 3.05. The Morgan fingerprint density at radius 2 is 1.90 bits per heavy atom. The highest BCUT2D eigenvalue weighted by atomic mass is 16.4. The highest BCUT2D eigenvalue weighted by Crippen LogP contribution is 2.36. The zero-order valence-electron chi connectivity index (χ0n) is 13.0. The molecule has 0 aromatic heterocycles. The fourth-order valence-corrected chi connectivity index (χ4v) is 2.45. The first-order valence-electron chi connectivity index (χ1n) is 7.43. The maximum atomic E-state index is 11.9. The Bertz CT molecular complexity index is 346. The predicted octanol–water partition coefficient (Wildman–Crippen LogP) is 2.61. The van der Waals surface area contributed by atoms with Gasteiger partial charge >= 0.3 is 12.0 Å². The van der Waals surface area contributed by atoms with Crippen molar-refractivity contribution in [2.24, 2.45) is 17.3 Å². The van der Waals surface area contributed by atoms with E-state index in [0.29, 0.717) is 18.9 Å². The summed E-state index contributed by atoms with van der Waals surface area (Å²) in [4.78, 5) is 22.7. The Morgan fingerprint density at radius 1 is 1.30 bits per heavy atom. The lowest BCUT2D eigenvalue weighted by Gasteiger charge is -2.26. The van der Waals surface area contributed by atoms with E-state index >= 15 is 0 Å². The van der Waals surface area contributed by atoms with Crippen molar-refractivity contribution in [2.75, 3.05) is 6.54 Å². The molecule has 20 heavy (non-hydrogen) atoms. The van der Waals surface area contributed by atoms with Crippen LogP contribution in [0.4, 0.5) is 4.79 Å². The second-order valence-electron chi connectivity index (χ2n) is 7.23. The monoisotopic (exact) mass is 284 g/mol. The lowest BCUT2D eigenvalue weighted by Crippen LogP contribution is -2.45. The molecule has 0 aromatic rings. The zero-order valence-corrected chi connectivity index (χ0v) is 13.0. The van der Waals surface area contributed by atoms with E-state index in [1.165, 1.54) is 12.8 Å². The van der Waals surface area contributed by atoms with E-state index in [0.717, 1.165) is 5.92 Å². The van der Waals surface area contributed by atoms with E-state index in [1.807, 2.05) is 20.8 Å². The Hall–Kier alpha value is -1.26. The molecular weight excluding hydrogens is 256 g/mol. The molecule has 3 N–H and O–H groups in total. The smallest absolute Gasteiger partial charge is 0.315 e. The average molecular weight is 284 g/mol. The third-order valence-corrected chi connectivity index (χ3v) is 3.63. The molecule has 1 aliphatic carbocycles. The molecule has 5 nitrogen and oxygen atoms in total. The van der Waals surface area contributed by atoms with Crippen LogP contribution in [-0.4, -0.2) is 29.7 Å². The van der Waals surface area contributed by atoms with E-state index in [4.69, 9.17) is 5.11 Å². The van der Waals surface area contributed by atoms with Gasteiger partial charge < -0.3 is 15.7 Å². The number of hydrogen-bond acceptors (Lipinski definition) is 2. The van der Waals surface area contributed by atoms with Gasteiger partial charge in [-0.1, -0.05) is 27.7 Å². The first-order chi connectivity index (χ1) is 9.17. The van der Waals surface area contributed by atoms with Crippen molar-refractivity contribution < 1.29 is 14.7 Å². The molecule has 0 radical (unpaired) electrons. The van der Waals surface area contributed by atoms with Crippen LogP contribution in [0.2, 0.25) is 0 Å². The summed E-state index contributed by atoms with van der Waals surface area (Å²) in [7, 11) is 0. The van der Waals surface area contributed by atoms with Crippen molar-refractivity contribution in [2.45, 2.75) is 59.4 Å². The minimum atomic E-state index is -0.883. The molecule has 116 valence electrons. The SMILES string of the molecule is CC(CNC(=O)NC(CC(=O)O)CC(C)(C)C)C1CC1. The second kappa shape index (κ2) is 6.95. The van der Waals surface area contributed by atoms with Crippen LogP contribution in [0.1, 0.15) is 53.4 Å². The molecular formula is C15H28N2O3. The van der Waals surface area contributed by atoms with Gasteiger partial charge in [0.1, 0.15) is 0 Å². The van der Waals surface area contributed by atoms with Crippen molar-refractivity contribution in [3.8, 4) is 0 Å². The zero-order chi connectivity index (χ0) is 15.3. The molecule has 0 aromatic carbocycles. The third-order valence-electron chi connectivity index (χ3n) is 3.63. The standard InChI is InChI=1S/C15H28N2O3/c1-10(11-5-6-11)9-16-14(20)17-12(7-13(18)19)8-15(2,3)4/h10-12H,5-9H2,1-4H3,(H,18,19)(H2,16,17,20). The summed E-state index contributed by atoms with van der Waals surface area (Å²) in [5.41, 5.74) is -0.0191. The minimum Gasteiger partial charge on any atom is -0.481 e. The number of hydrogen-bond donors (Lipinski definition) is 3. The summed E-state index contributed by atoms with van der Waals surface area (Å²) in [6, 6.07) is -0.586. The van der Waals surface area contributed by atoms with Crippen LogP contribution in [0.25, 0.3) is 0 Å². The number of rotatable bonds is 7. The Morgan fingerprint density at radius 3 is 2.35 bits per heavy atom. The van der Waals surface area contributed by atoms with E-state index in [-0.39, 0.29) is 23.9 Å². The van der Waals surface area contributed by atoms with Crippen LogP contribution in [0.5, 0.6) is 0 Å². The molecule has 1 aliphatic rings. The Balaban J connectivity index is 2.37. The highest BCUT2D eigenvalue weighted by Gasteiger charge is 2.28. The van der Waals surface area contributed by atoms with Crippen LogP contribution < -0.4 is 10.6 Å². The molecule has 5 heteroatoms. The molecule has 2 unspecified atom stereocenters. The first kappa shape index (κ1) is 16.8. The maximum Gasteiger partial charge on any atom is 0.315 e. The van der Waals surface area contributed by atoms with Crippen molar-refractivity contribution in [3.63, 3.8) is 0 Å². The van der Waals surface area contributed by atoms with Crippen molar-refractivity contribution >= 4 is 12.0 Å². The fourth-order valence-electron chi connectivity index (χ4n) is 2.45. The molecule has 0 aliphatic heterocycles. The van der Waals surface area contributed by atoms with E-state index in [9.17, 15) is 9.59 Å². The molecule has 0 bridgehead atoms. The largest absolute Gasteiger partial charge is 0.481 e. The summed E-state index contributed by atoms with van der Waals surface area (Å²) < 4.78 is 0. The van der Waals surface area contributed by atoms with Crippen molar-refractivity contribution in [3.05, 3.63) is 0 Å². The van der Waals surface area contributed by atoms with Crippen molar-refractivity contribution in [1.29, 1.82) is 0 Å². The summed E-state index contributed by atoms with van der Waals surface area (Å²) in [5.74, 6) is 0.367. The van der Waals surface area contributed by atoms with E-state index in [2.05, 4.69) is 17.6 Å². The number of amides is 2. The summed E-state index contributed by atoms with van der Waals surface area (Å²) >= 11 is 0. The third kappa shape index (κ3) is 7.36. The minimum absolute atomic E-state index is 0.0191. The summed E-state index contributed by atoms with van der Waals surface area (Å²) in [6.07, 6.45) is 3.13. The first-order valence-corrected chi connectivity index (χ1v) is 7.43. The second-order valence-corrected chi connectivity index (χ2v) is 7.23. The van der Waals surface area contributed by atoms with Crippen LogP contribution in [-0.2, 0) is 4.79 Å². The van der Waals surface area contributed by atoms with Gasteiger partial charge in [0.05, 0.1) is 6.42 Å². The number of carbonyl (C=O) groups excluding carboxylic acids is 1. The lowest BCUT2D eigenvalue weighted by molar-refractivity contribution is -0.137. The maximum absolute atomic E-state index is 11.9. The topological polar surface area (TPSA) is 78.4 Å². The summed E-state index contributed by atoms with van der Waals surface area (Å²) in [6.45, 7) is 8.91. The van der Waals surface area contributed by atoms with Crippen LogP contribution in [0.3, 0.4) is 0 Å². The Labute approximate surface area is 121 Å².